The lowest BCUT2D eigenvalue weighted by molar-refractivity contribution is 0.0589. The lowest BCUT2D eigenvalue weighted by Crippen LogP contribution is -2.33. The van der Waals surface area contributed by atoms with Gasteiger partial charge in [0.25, 0.3) is 5.91 Å². The maximum Gasteiger partial charge on any atom is 0.257 e. The van der Waals surface area contributed by atoms with Crippen LogP contribution in [-0.2, 0) is 19.4 Å². The van der Waals surface area contributed by atoms with Gasteiger partial charge in [0.2, 0.25) is 5.95 Å². The first-order chi connectivity index (χ1) is 13.4. The van der Waals surface area contributed by atoms with Crippen LogP contribution in [0.2, 0.25) is 5.02 Å². The lowest BCUT2D eigenvalue weighted by Gasteiger charge is -2.18. The van der Waals surface area contributed by atoms with E-state index >= 15 is 0 Å². The highest BCUT2D eigenvalue weighted by Crippen LogP contribution is 2.37. The standard InChI is InChI=1S/C20H18ClN5O2/c21-13-3-11-5-14(6-15(11)12(4-13)7-22)24-19-23-8-16-17(25-19)9-26(18(16)27)10-20(28)1-2-20/h3-4,8,14,28H,1-2,5-6,9-10H2,(H,23,24,25)/t14-/m0/s1. The summed E-state index contributed by atoms with van der Waals surface area (Å²) in [6.45, 7) is 0.743. The molecule has 0 unspecified atom stereocenters. The number of fused-ring (bicyclic) bond motifs is 2. The SMILES string of the molecule is N#Cc1cc(Cl)cc2c1C[C@@H](Nc1ncc3c(n1)CN(CC1(O)CC1)C3=O)C2. The minimum Gasteiger partial charge on any atom is -0.388 e. The molecule has 1 atom stereocenters. The molecule has 28 heavy (non-hydrogen) atoms. The largest absolute Gasteiger partial charge is 0.388 e. The lowest BCUT2D eigenvalue weighted by atomic mass is 10.0. The minimum atomic E-state index is -0.721. The summed E-state index contributed by atoms with van der Waals surface area (Å²) in [6.07, 6.45) is 4.48. The Bertz CT molecular complexity index is 1040. The first-order valence-corrected chi connectivity index (χ1v) is 9.67. The number of carbonyl (C=O) groups is 1. The molecular formula is C20H18ClN5O2. The van der Waals surface area contributed by atoms with E-state index in [0.29, 0.717) is 47.3 Å². The molecule has 142 valence electrons. The van der Waals surface area contributed by atoms with Gasteiger partial charge in [-0.05, 0) is 48.9 Å². The molecule has 1 aromatic carbocycles. The molecule has 2 heterocycles. The number of nitrogens with one attached hydrogen (secondary N) is 1. The molecule has 1 aliphatic heterocycles. The van der Waals surface area contributed by atoms with Crippen molar-refractivity contribution in [2.75, 3.05) is 11.9 Å². The molecule has 1 aromatic heterocycles. The van der Waals surface area contributed by atoms with E-state index in [-0.39, 0.29) is 11.9 Å². The van der Waals surface area contributed by atoms with Gasteiger partial charge in [0.05, 0.1) is 41.6 Å². The smallest absolute Gasteiger partial charge is 0.257 e. The van der Waals surface area contributed by atoms with Crippen molar-refractivity contribution >= 4 is 23.5 Å². The molecule has 1 amide bonds. The van der Waals surface area contributed by atoms with Crippen LogP contribution in [0.5, 0.6) is 0 Å². The second-order valence-corrected chi connectivity index (χ2v) is 8.33. The topological polar surface area (TPSA) is 102 Å². The van der Waals surface area contributed by atoms with Crippen LogP contribution in [0.4, 0.5) is 5.95 Å². The summed E-state index contributed by atoms with van der Waals surface area (Å²) in [4.78, 5) is 23.0. The zero-order valence-electron chi connectivity index (χ0n) is 15.1. The van der Waals surface area contributed by atoms with Gasteiger partial charge in [0.1, 0.15) is 0 Å². The van der Waals surface area contributed by atoms with Crippen molar-refractivity contribution in [3.8, 4) is 6.07 Å². The van der Waals surface area contributed by atoms with Crippen molar-refractivity contribution in [3.63, 3.8) is 0 Å². The van der Waals surface area contributed by atoms with Crippen molar-refractivity contribution in [3.05, 3.63) is 51.3 Å². The van der Waals surface area contributed by atoms with Gasteiger partial charge < -0.3 is 15.3 Å². The van der Waals surface area contributed by atoms with Crippen LogP contribution in [-0.4, -0.2) is 44.1 Å². The van der Waals surface area contributed by atoms with Crippen LogP contribution >= 0.6 is 11.6 Å². The van der Waals surface area contributed by atoms with Crippen LogP contribution in [0.3, 0.4) is 0 Å². The van der Waals surface area contributed by atoms with E-state index in [9.17, 15) is 15.2 Å². The summed E-state index contributed by atoms with van der Waals surface area (Å²) in [6, 6.07) is 5.88. The number of nitrogens with zero attached hydrogens (tertiary/aromatic N) is 4. The molecule has 5 rings (SSSR count). The van der Waals surface area contributed by atoms with Crippen molar-refractivity contribution < 1.29 is 9.90 Å². The van der Waals surface area contributed by atoms with E-state index in [4.69, 9.17) is 11.6 Å². The number of aliphatic hydroxyl groups is 1. The number of rotatable bonds is 4. The van der Waals surface area contributed by atoms with E-state index in [1.165, 1.54) is 0 Å². The van der Waals surface area contributed by atoms with Gasteiger partial charge in [-0.1, -0.05) is 11.6 Å². The van der Waals surface area contributed by atoms with Crippen molar-refractivity contribution in [1.82, 2.24) is 14.9 Å². The van der Waals surface area contributed by atoms with Gasteiger partial charge in [-0.25, -0.2) is 9.97 Å². The maximum absolute atomic E-state index is 12.5. The zero-order valence-corrected chi connectivity index (χ0v) is 15.8. The number of hydrogen-bond acceptors (Lipinski definition) is 6. The molecule has 2 aliphatic carbocycles. The van der Waals surface area contributed by atoms with E-state index < -0.39 is 5.60 Å². The molecule has 1 fully saturated rings. The van der Waals surface area contributed by atoms with Crippen LogP contribution in [0.15, 0.2) is 18.3 Å². The highest BCUT2D eigenvalue weighted by Gasteiger charge is 2.44. The zero-order chi connectivity index (χ0) is 19.5. The minimum absolute atomic E-state index is 0.0685. The Labute approximate surface area is 167 Å². The monoisotopic (exact) mass is 395 g/mol. The maximum atomic E-state index is 12.5. The first-order valence-electron chi connectivity index (χ1n) is 9.30. The fourth-order valence-corrected chi connectivity index (χ4v) is 4.32. The molecule has 3 aliphatic rings. The van der Waals surface area contributed by atoms with Crippen molar-refractivity contribution in [2.45, 2.75) is 43.9 Å². The third-order valence-corrected chi connectivity index (χ3v) is 5.93. The second kappa shape index (κ2) is 6.16. The summed E-state index contributed by atoms with van der Waals surface area (Å²) < 4.78 is 0. The van der Waals surface area contributed by atoms with Crippen LogP contribution in [0.1, 0.15) is 45.6 Å². The predicted octanol–water partition coefficient (Wildman–Crippen LogP) is 2.06. The summed E-state index contributed by atoms with van der Waals surface area (Å²) in [5.41, 5.74) is 3.17. The molecule has 8 heteroatoms. The number of nitriles is 1. The number of carbonyl (C=O) groups excluding carboxylic acids is 1. The Morgan fingerprint density at radius 2 is 2.21 bits per heavy atom. The summed E-state index contributed by atoms with van der Waals surface area (Å²) in [7, 11) is 0. The van der Waals surface area contributed by atoms with Crippen LogP contribution in [0.25, 0.3) is 0 Å². The number of halogens is 1. The normalized spacial score (nSPS) is 21.2. The van der Waals surface area contributed by atoms with Crippen LogP contribution < -0.4 is 5.32 Å². The molecule has 2 N–H and O–H groups in total. The van der Waals surface area contributed by atoms with E-state index in [1.54, 1.807) is 17.2 Å². The highest BCUT2D eigenvalue weighted by molar-refractivity contribution is 6.30. The number of hydrogen-bond donors (Lipinski definition) is 2. The molecule has 7 nitrogen and oxygen atoms in total. The van der Waals surface area contributed by atoms with Gasteiger partial charge in [-0.15, -0.1) is 0 Å². The Hall–Kier alpha value is -2.69. The molecule has 0 bridgehead atoms. The Morgan fingerprint density at radius 3 is 2.96 bits per heavy atom. The number of amides is 1. The molecule has 2 aromatic rings. The van der Waals surface area contributed by atoms with Gasteiger partial charge in [-0.2, -0.15) is 5.26 Å². The Kier molecular flexibility index (Phi) is 3.83. The van der Waals surface area contributed by atoms with Crippen molar-refractivity contribution in [2.24, 2.45) is 0 Å². The number of anilines is 1. The molecule has 0 saturated heterocycles. The van der Waals surface area contributed by atoms with Gasteiger partial charge in [0.15, 0.2) is 0 Å². The van der Waals surface area contributed by atoms with Gasteiger partial charge >= 0.3 is 0 Å². The number of benzene rings is 1. The Balaban J connectivity index is 1.31. The molecule has 1 saturated carbocycles. The summed E-state index contributed by atoms with van der Waals surface area (Å²) in [5, 5.41) is 23.3. The van der Waals surface area contributed by atoms with E-state index in [2.05, 4.69) is 21.4 Å². The molecular weight excluding hydrogens is 378 g/mol. The Morgan fingerprint density at radius 1 is 1.39 bits per heavy atom. The highest BCUT2D eigenvalue weighted by atomic mass is 35.5. The second-order valence-electron chi connectivity index (χ2n) is 7.89. The van der Waals surface area contributed by atoms with Gasteiger partial charge in [0, 0.05) is 17.3 Å². The average molecular weight is 396 g/mol. The molecule has 0 radical (unpaired) electrons. The van der Waals surface area contributed by atoms with Crippen LogP contribution in [0, 0.1) is 11.3 Å². The first kappa shape index (κ1) is 17.4. The quantitative estimate of drug-likeness (QED) is 0.821. The number of aromatic nitrogens is 2. The fourth-order valence-electron chi connectivity index (χ4n) is 4.08. The molecule has 0 spiro atoms. The summed E-state index contributed by atoms with van der Waals surface area (Å²) in [5.74, 6) is 0.351. The third kappa shape index (κ3) is 2.99. The summed E-state index contributed by atoms with van der Waals surface area (Å²) >= 11 is 6.11. The van der Waals surface area contributed by atoms with Crippen molar-refractivity contribution in [1.29, 1.82) is 5.26 Å². The average Bonchev–Trinajstić information content (AvgIpc) is 3.12. The fraction of sp³-hybridized carbons (Fsp3) is 0.400. The third-order valence-electron chi connectivity index (χ3n) is 5.72. The van der Waals surface area contributed by atoms with E-state index in [0.717, 1.165) is 30.4 Å². The number of β-amino-alcohol motifs (C(OH)–C–C–N with tert-alkyl or cyclic N) is 1. The predicted molar refractivity (Wildman–Crippen MR) is 102 cm³/mol. The van der Waals surface area contributed by atoms with Gasteiger partial charge in [-0.3, -0.25) is 4.79 Å². The van der Waals surface area contributed by atoms with E-state index in [1.807, 2.05) is 6.07 Å².